The Labute approximate surface area is 152 Å². The molecule has 3 rings (SSSR count). The quantitative estimate of drug-likeness (QED) is 0.754. The van der Waals surface area contributed by atoms with Gasteiger partial charge in [-0.15, -0.1) is 0 Å². The molecular formula is C19H21F2NO3S. The van der Waals surface area contributed by atoms with Crippen molar-refractivity contribution < 1.29 is 21.9 Å². The maximum absolute atomic E-state index is 12.6. The minimum Gasteiger partial charge on any atom is -0.433 e. The molecule has 4 nitrogen and oxygen atoms in total. The second kappa shape index (κ2) is 8.03. The predicted octanol–water partition coefficient (Wildman–Crippen LogP) is 5.14. The van der Waals surface area contributed by atoms with E-state index in [1.54, 1.807) is 18.2 Å². The van der Waals surface area contributed by atoms with Crippen molar-refractivity contribution in [1.82, 2.24) is 0 Å². The lowest BCUT2D eigenvalue weighted by Crippen LogP contribution is -2.15. The molecular weight excluding hydrogens is 360 g/mol. The number of alkyl halides is 2. The number of hydrogen-bond donors (Lipinski definition) is 1. The molecule has 1 aliphatic rings. The van der Waals surface area contributed by atoms with Gasteiger partial charge in [0.05, 0.1) is 10.6 Å². The van der Waals surface area contributed by atoms with Crippen LogP contribution in [0.5, 0.6) is 5.75 Å². The summed E-state index contributed by atoms with van der Waals surface area (Å²) in [7, 11) is -3.89. The summed E-state index contributed by atoms with van der Waals surface area (Å²) < 4.78 is 56.8. The van der Waals surface area contributed by atoms with Gasteiger partial charge in [0, 0.05) is 0 Å². The van der Waals surface area contributed by atoms with Gasteiger partial charge in [-0.3, -0.25) is 4.72 Å². The van der Waals surface area contributed by atoms with Crippen LogP contribution in [0.25, 0.3) is 0 Å². The Hall–Kier alpha value is -2.15. The van der Waals surface area contributed by atoms with E-state index in [-0.39, 0.29) is 16.3 Å². The lowest BCUT2D eigenvalue weighted by atomic mass is 9.84. The van der Waals surface area contributed by atoms with Crippen molar-refractivity contribution in [3.8, 4) is 5.75 Å². The molecule has 0 unspecified atom stereocenters. The van der Waals surface area contributed by atoms with Gasteiger partial charge in [0.15, 0.2) is 0 Å². The van der Waals surface area contributed by atoms with E-state index in [2.05, 4.69) is 9.46 Å². The van der Waals surface area contributed by atoms with Crippen molar-refractivity contribution in [1.29, 1.82) is 0 Å². The van der Waals surface area contributed by atoms with Crippen molar-refractivity contribution in [2.75, 3.05) is 4.72 Å². The summed E-state index contributed by atoms with van der Waals surface area (Å²) in [6, 6.07) is 12.5. The van der Waals surface area contributed by atoms with Gasteiger partial charge in [-0.2, -0.15) is 8.78 Å². The molecule has 1 fully saturated rings. The molecule has 0 aromatic heterocycles. The highest BCUT2D eigenvalue weighted by Gasteiger charge is 2.20. The van der Waals surface area contributed by atoms with E-state index in [1.165, 1.54) is 37.5 Å². The van der Waals surface area contributed by atoms with Crippen LogP contribution in [0.2, 0.25) is 0 Å². The zero-order valence-electron chi connectivity index (χ0n) is 14.2. The summed E-state index contributed by atoms with van der Waals surface area (Å²) in [6.07, 6.45) is 5.92. The van der Waals surface area contributed by atoms with Crippen LogP contribution in [0.1, 0.15) is 43.6 Å². The van der Waals surface area contributed by atoms with E-state index in [1.807, 2.05) is 12.1 Å². The molecule has 140 valence electrons. The van der Waals surface area contributed by atoms with Crippen LogP contribution in [0.15, 0.2) is 53.4 Å². The number of anilines is 1. The first-order valence-corrected chi connectivity index (χ1v) is 10.1. The van der Waals surface area contributed by atoms with Crippen molar-refractivity contribution in [3.63, 3.8) is 0 Å². The van der Waals surface area contributed by atoms with Crippen LogP contribution >= 0.6 is 0 Å². The second-order valence-corrected chi connectivity index (χ2v) is 8.07. The molecule has 1 saturated carbocycles. The highest BCUT2D eigenvalue weighted by atomic mass is 32.2. The van der Waals surface area contributed by atoms with Gasteiger partial charge in [-0.25, -0.2) is 8.42 Å². The normalized spacial score (nSPS) is 15.8. The monoisotopic (exact) mass is 381 g/mol. The van der Waals surface area contributed by atoms with E-state index in [0.29, 0.717) is 5.92 Å². The van der Waals surface area contributed by atoms with Gasteiger partial charge in [-0.1, -0.05) is 43.5 Å². The zero-order chi connectivity index (χ0) is 18.6. The van der Waals surface area contributed by atoms with Crippen molar-refractivity contribution in [2.24, 2.45) is 0 Å². The lowest BCUT2D eigenvalue weighted by Gasteiger charge is -2.22. The summed E-state index contributed by atoms with van der Waals surface area (Å²) >= 11 is 0. The summed E-state index contributed by atoms with van der Waals surface area (Å²) in [5.41, 5.74) is 1.12. The van der Waals surface area contributed by atoms with Crippen molar-refractivity contribution >= 4 is 15.7 Å². The molecule has 2 aromatic rings. The van der Waals surface area contributed by atoms with Crippen LogP contribution in [0, 0.1) is 0 Å². The Balaban J connectivity index is 1.78. The Morgan fingerprint density at radius 2 is 1.62 bits per heavy atom. The molecule has 0 radical (unpaired) electrons. The largest absolute Gasteiger partial charge is 0.433 e. The molecule has 0 amide bonds. The molecule has 1 N–H and O–H groups in total. The maximum Gasteiger partial charge on any atom is 0.387 e. The number of rotatable bonds is 6. The molecule has 2 aromatic carbocycles. The first kappa shape index (κ1) is 18.6. The van der Waals surface area contributed by atoms with Crippen molar-refractivity contribution in [3.05, 3.63) is 54.1 Å². The third kappa shape index (κ3) is 4.52. The van der Waals surface area contributed by atoms with E-state index >= 15 is 0 Å². The number of ether oxygens (including phenoxy) is 1. The standard InChI is InChI=1S/C19H21F2NO3S/c20-19(21)25-18-9-5-4-8-17(18)22-26(23,24)16-12-10-15(11-13-16)14-6-2-1-3-7-14/h4-5,8-14,19,22H,1-3,6-7H2. The number of nitrogens with one attached hydrogen (secondary N) is 1. The minimum atomic E-state index is -3.89. The van der Waals surface area contributed by atoms with E-state index < -0.39 is 16.6 Å². The Kier molecular flexibility index (Phi) is 5.76. The fraction of sp³-hybridized carbons (Fsp3) is 0.368. The lowest BCUT2D eigenvalue weighted by molar-refractivity contribution is -0.0493. The maximum atomic E-state index is 12.6. The average Bonchev–Trinajstić information content (AvgIpc) is 2.64. The molecule has 26 heavy (non-hydrogen) atoms. The molecule has 1 aliphatic carbocycles. The molecule has 0 heterocycles. The number of para-hydroxylation sites is 2. The zero-order valence-corrected chi connectivity index (χ0v) is 15.0. The molecule has 0 atom stereocenters. The van der Waals surface area contributed by atoms with Gasteiger partial charge >= 0.3 is 6.61 Å². The van der Waals surface area contributed by atoms with Gasteiger partial charge < -0.3 is 4.74 Å². The Morgan fingerprint density at radius 3 is 2.27 bits per heavy atom. The smallest absolute Gasteiger partial charge is 0.387 e. The summed E-state index contributed by atoms with van der Waals surface area (Å²) in [6.45, 7) is -3.03. The fourth-order valence-electron chi connectivity index (χ4n) is 3.31. The predicted molar refractivity (Wildman–Crippen MR) is 96.2 cm³/mol. The summed E-state index contributed by atoms with van der Waals surface area (Å²) in [4.78, 5) is 0.0870. The molecule has 0 saturated heterocycles. The highest BCUT2D eigenvalue weighted by Crippen LogP contribution is 2.33. The van der Waals surface area contributed by atoms with E-state index in [4.69, 9.17) is 0 Å². The second-order valence-electron chi connectivity index (χ2n) is 6.38. The number of hydrogen-bond acceptors (Lipinski definition) is 3. The topological polar surface area (TPSA) is 55.4 Å². The minimum absolute atomic E-state index is 0.0239. The van der Waals surface area contributed by atoms with Crippen LogP contribution in [0.3, 0.4) is 0 Å². The highest BCUT2D eigenvalue weighted by molar-refractivity contribution is 7.92. The van der Waals surface area contributed by atoms with Crippen molar-refractivity contribution in [2.45, 2.75) is 49.5 Å². The van der Waals surface area contributed by atoms with E-state index in [9.17, 15) is 17.2 Å². The Morgan fingerprint density at radius 1 is 0.962 bits per heavy atom. The van der Waals surface area contributed by atoms with Gasteiger partial charge in [0.2, 0.25) is 0 Å². The van der Waals surface area contributed by atoms with E-state index in [0.717, 1.165) is 18.4 Å². The molecule has 0 aliphatic heterocycles. The van der Waals surface area contributed by atoms with Gasteiger partial charge in [-0.05, 0) is 48.6 Å². The van der Waals surface area contributed by atoms with Crippen LogP contribution in [0.4, 0.5) is 14.5 Å². The Bertz CT molecular complexity index is 832. The van der Waals surface area contributed by atoms with Crippen LogP contribution in [-0.4, -0.2) is 15.0 Å². The third-order valence-corrected chi connectivity index (χ3v) is 6.00. The summed E-state index contributed by atoms with van der Waals surface area (Å²) in [5.74, 6) is 0.263. The number of halogens is 2. The first-order valence-electron chi connectivity index (χ1n) is 8.62. The van der Waals surface area contributed by atoms with Crippen LogP contribution in [-0.2, 0) is 10.0 Å². The first-order chi connectivity index (χ1) is 12.5. The fourth-order valence-corrected chi connectivity index (χ4v) is 4.38. The molecule has 7 heteroatoms. The van der Waals surface area contributed by atoms with Gasteiger partial charge in [0.1, 0.15) is 5.75 Å². The number of sulfonamides is 1. The van der Waals surface area contributed by atoms with Crippen LogP contribution < -0.4 is 9.46 Å². The summed E-state index contributed by atoms with van der Waals surface area (Å²) in [5, 5.41) is 0. The number of benzene rings is 2. The molecule has 0 spiro atoms. The third-order valence-electron chi connectivity index (χ3n) is 4.61. The SMILES string of the molecule is O=S(=O)(Nc1ccccc1OC(F)F)c1ccc(C2CCCCC2)cc1. The molecule has 0 bridgehead atoms. The van der Waals surface area contributed by atoms with Gasteiger partial charge in [0.25, 0.3) is 10.0 Å². The average molecular weight is 381 g/mol.